The summed E-state index contributed by atoms with van der Waals surface area (Å²) in [5.74, 6) is -0.248. The molecule has 1 saturated carbocycles. The van der Waals surface area contributed by atoms with Gasteiger partial charge < -0.3 is 9.84 Å². The fraction of sp³-hybridized carbons (Fsp3) is 0.923. The molecule has 1 N–H and O–H groups in total. The van der Waals surface area contributed by atoms with Gasteiger partial charge in [0.25, 0.3) is 0 Å². The second-order valence-corrected chi connectivity index (χ2v) is 5.40. The Morgan fingerprint density at radius 1 is 1.12 bits per heavy atom. The lowest BCUT2D eigenvalue weighted by Crippen LogP contribution is -2.50. The van der Waals surface area contributed by atoms with Crippen LogP contribution in [0.25, 0.3) is 0 Å². The summed E-state index contributed by atoms with van der Waals surface area (Å²) in [7, 11) is 1.41. The number of ether oxygens (including phenoxy) is 1. The Hall–Kier alpha value is -0.570. The molecular formula is C13H24O3. The van der Waals surface area contributed by atoms with Crippen LogP contribution in [0, 0.1) is 5.41 Å². The van der Waals surface area contributed by atoms with Crippen molar-refractivity contribution in [2.24, 2.45) is 5.41 Å². The second-order valence-electron chi connectivity index (χ2n) is 5.40. The Bertz CT molecular complexity index is 232. The summed E-state index contributed by atoms with van der Waals surface area (Å²) in [6.45, 7) is 3.46. The standard InChI is InChI=1S/C13H24O3/c1-12(2,15)13(11(14)16-3)9-7-5-4-6-8-10-13/h15H,4-10H2,1-3H3. The minimum Gasteiger partial charge on any atom is -0.469 e. The highest BCUT2D eigenvalue weighted by molar-refractivity contribution is 5.78. The van der Waals surface area contributed by atoms with E-state index in [2.05, 4.69) is 0 Å². The highest BCUT2D eigenvalue weighted by atomic mass is 16.5. The zero-order chi connectivity index (χ0) is 12.2. The first-order valence-electron chi connectivity index (χ1n) is 6.25. The van der Waals surface area contributed by atoms with Crippen molar-refractivity contribution in [3.8, 4) is 0 Å². The summed E-state index contributed by atoms with van der Waals surface area (Å²) in [5, 5.41) is 10.3. The minimum atomic E-state index is -1.00. The van der Waals surface area contributed by atoms with Gasteiger partial charge in [0.05, 0.1) is 18.1 Å². The van der Waals surface area contributed by atoms with Gasteiger partial charge in [-0.15, -0.1) is 0 Å². The van der Waals surface area contributed by atoms with Crippen molar-refractivity contribution in [3.63, 3.8) is 0 Å². The molecule has 1 aliphatic rings. The molecule has 16 heavy (non-hydrogen) atoms. The van der Waals surface area contributed by atoms with Crippen LogP contribution in [0.5, 0.6) is 0 Å². The first-order valence-corrected chi connectivity index (χ1v) is 6.25. The molecule has 1 rings (SSSR count). The Labute approximate surface area is 98.2 Å². The van der Waals surface area contributed by atoms with E-state index in [1.165, 1.54) is 13.5 Å². The number of aliphatic hydroxyl groups is 1. The summed E-state index contributed by atoms with van der Waals surface area (Å²) >= 11 is 0. The largest absolute Gasteiger partial charge is 0.469 e. The van der Waals surface area contributed by atoms with E-state index in [1.54, 1.807) is 13.8 Å². The quantitative estimate of drug-likeness (QED) is 0.739. The van der Waals surface area contributed by atoms with Gasteiger partial charge in [-0.25, -0.2) is 0 Å². The lowest BCUT2D eigenvalue weighted by Gasteiger charge is -2.42. The summed E-state index contributed by atoms with van der Waals surface area (Å²) in [6.07, 6.45) is 7.01. The molecule has 0 saturated heterocycles. The van der Waals surface area contributed by atoms with Crippen molar-refractivity contribution in [2.45, 2.75) is 64.4 Å². The van der Waals surface area contributed by atoms with Gasteiger partial charge in [0.15, 0.2) is 0 Å². The molecule has 0 aliphatic heterocycles. The SMILES string of the molecule is COC(=O)C1(C(C)(C)O)CCCCCCC1. The maximum absolute atomic E-state index is 12.0. The summed E-state index contributed by atoms with van der Waals surface area (Å²) < 4.78 is 4.92. The highest BCUT2D eigenvalue weighted by Gasteiger charge is 2.50. The van der Waals surface area contributed by atoms with Crippen LogP contribution in [-0.2, 0) is 9.53 Å². The third kappa shape index (κ3) is 2.57. The number of rotatable bonds is 2. The first kappa shape index (κ1) is 13.5. The highest BCUT2D eigenvalue weighted by Crippen LogP contribution is 2.44. The van der Waals surface area contributed by atoms with Crippen molar-refractivity contribution in [1.82, 2.24) is 0 Å². The van der Waals surface area contributed by atoms with E-state index in [9.17, 15) is 9.90 Å². The van der Waals surface area contributed by atoms with Crippen molar-refractivity contribution in [2.75, 3.05) is 7.11 Å². The van der Waals surface area contributed by atoms with Crippen molar-refractivity contribution < 1.29 is 14.6 Å². The second kappa shape index (κ2) is 5.17. The van der Waals surface area contributed by atoms with E-state index in [1.807, 2.05) is 0 Å². The van der Waals surface area contributed by atoms with Crippen molar-refractivity contribution in [1.29, 1.82) is 0 Å². The predicted octanol–water partition coefficient (Wildman–Crippen LogP) is 2.66. The monoisotopic (exact) mass is 228 g/mol. The van der Waals surface area contributed by atoms with Gasteiger partial charge >= 0.3 is 5.97 Å². The number of esters is 1. The van der Waals surface area contributed by atoms with E-state index in [0.717, 1.165) is 38.5 Å². The van der Waals surface area contributed by atoms with Crippen LogP contribution in [0.2, 0.25) is 0 Å². The number of hydrogen-bond acceptors (Lipinski definition) is 3. The molecule has 0 spiro atoms. The molecule has 0 atom stereocenters. The lowest BCUT2D eigenvalue weighted by atomic mass is 9.66. The molecule has 0 unspecified atom stereocenters. The van der Waals surface area contributed by atoms with Gasteiger partial charge in [-0.3, -0.25) is 4.79 Å². The average Bonchev–Trinajstić information content (AvgIpc) is 2.14. The molecule has 0 bridgehead atoms. The molecule has 1 aliphatic carbocycles. The van der Waals surface area contributed by atoms with E-state index in [4.69, 9.17) is 4.74 Å². The van der Waals surface area contributed by atoms with Gasteiger partial charge in [0.2, 0.25) is 0 Å². The number of hydrogen-bond donors (Lipinski definition) is 1. The Morgan fingerprint density at radius 2 is 1.56 bits per heavy atom. The lowest BCUT2D eigenvalue weighted by molar-refractivity contribution is -0.172. The summed E-state index contributed by atoms with van der Waals surface area (Å²) in [5.41, 5.74) is -1.71. The topological polar surface area (TPSA) is 46.5 Å². The van der Waals surface area contributed by atoms with Crippen LogP contribution in [-0.4, -0.2) is 23.8 Å². The summed E-state index contributed by atoms with van der Waals surface area (Å²) in [4.78, 5) is 12.0. The predicted molar refractivity (Wildman–Crippen MR) is 63.1 cm³/mol. The zero-order valence-corrected chi connectivity index (χ0v) is 10.7. The van der Waals surface area contributed by atoms with E-state index in [0.29, 0.717) is 0 Å². The van der Waals surface area contributed by atoms with Crippen LogP contribution >= 0.6 is 0 Å². The third-order valence-electron chi connectivity index (χ3n) is 3.95. The fourth-order valence-corrected chi connectivity index (χ4v) is 2.77. The van der Waals surface area contributed by atoms with Crippen LogP contribution in [0.1, 0.15) is 58.8 Å². The molecule has 3 nitrogen and oxygen atoms in total. The third-order valence-corrected chi connectivity index (χ3v) is 3.95. The summed E-state index contributed by atoms with van der Waals surface area (Å²) in [6, 6.07) is 0. The van der Waals surface area contributed by atoms with Gasteiger partial charge in [-0.1, -0.05) is 32.1 Å². The molecule has 0 aromatic carbocycles. The van der Waals surface area contributed by atoms with Crippen molar-refractivity contribution in [3.05, 3.63) is 0 Å². The number of carbonyl (C=O) groups is 1. The van der Waals surface area contributed by atoms with E-state index >= 15 is 0 Å². The molecule has 0 heterocycles. The first-order chi connectivity index (χ1) is 7.44. The van der Waals surface area contributed by atoms with Gasteiger partial charge in [-0.2, -0.15) is 0 Å². The maximum atomic E-state index is 12.0. The van der Waals surface area contributed by atoms with Gasteiger partial charge in [0.1, 0.15) is 0 Å². The van der Waals surface area contributed by atoms with Gasteiger partial charge in [-0.05, 0) is 26.7 Å². The van der Waals surface area contributed by atoms with E-state index < -0.39 is 11.0 Å². The Kier molecular flexibility index (Phi) is 4.36. The van der Waals surface area contributed by atoms with Gasteiger partial charge in [0, 0.05) is 0 Å². The normalized spacial score (nSPS) is 22.0. The van der Waals surface area contributed by atoms with E-state index in [-0.39, 0.29) is 5.97 Å². The smallest absolute Gasteiger partial charge is 0.314 e. The average molecular weight is 228 g/mol. The molecule has 0 aromatic rings. The number of methoxy groups -OCH3 is 1. The van der Waals surface area contributed by atoms with Crippen molar-refractivity contribution >= 4 is 5.97 Å². The minimum absolute atomic E-state index is 0.248. The Morgan fingerprint density at radius 3 is 1.94 bits per heavy atom. The molecule has 94 valence electrons. The van der Waals surface area contributed by atoms with Crippen LogP contribution in [0.15, 0.2) is 0 Å². The molecule has 3 heteroatoms. The van der Waals surface area contributed by atoms with Crippen LogP contribution in [0.4, 0.5) is 0 Å². The number of carbonyl (C=O) groups excluding carboxylic acids is 1. The maximum Gasteiger partial charge on any atom is 0.314 e. The Balaban J connectivity index is 2.95. The zero-order valence-electron chi connectivity index (χ0n) is 10.7. The fourth-order valence-electron chi connectivity index (χ4n) is 2.77. The van der Waals surface area contributed by atoms with Crippen LogP contribution < -0.4 is 0 Å². The van der Waals surface area contributed by atoms with Crippen LogP contribution in [0.3, 0.4) is 0 Å². The molecule has 0 radical (unpaired) electrons. The molecule has 0 amide bonds. The molecule has 0 aromatic heterocycles. The molecule has 1 fully saturated rings. The molecular weight excluding hydrogens is 204 g/mol.